The normalized spacial score (nSPS) is 15.9. The minimum absolute atomic E-state index is 0.0156. The van der Waals surface area contributed by atoms with Crippen molar-refractivity contribution in [3.05, 3.63) is 34.2 Å². The maximum Gasteiger partial charge on any atom is 0.254 e. The largest absolute Gasteiger partial charge is 0.356 e. The van der Waals surface area contributed by atoms with E-state index in [0.717, 1.165) is 0 Å². The van der Waals surface area contributed by atoms with Crippen LogP contribution in [0.15, 0.2) is 23.1 Å². The number of aromatic nitrogens is 1. The van der Waals surface area contributed by atoms with Gasteiger partial charge in [0.2, 0.25) is 11.5 Å². The van der Waals surface area contributed by atoms with Crippen molar-refractivity contribution in [2.75, 3.05) is 19.6 Å². The molecule has 1 aromatic rings. The summed E-state index contributed by atoms with van der Waals surface area (Å²) in [5.74, 6) is -0.0978. The predicted octanol–water partition coefficient (Wildman–Crippen LogP) is 0.363. The summed E-state index contributed by atoms with van der Waals surface area (Å²) in [4.78, 5) is 39.4. The lowest BCUT2D eigenvalue weighted by Gasteiger charge is -2.31. The van der Waals surface area contributed by atoms with Crippen LogP contribution in [0, 0.1) is 5.92 Å². The van der Waals surface area contributed by atoms with Gasteiger partial charge in [0.1, 0.15) is 0 Å². The number of H-pyrrole nitrogens is 1. The molecule has 1 aliphatic rings. The summed E-state index contributed by atoms with van der Waals surface area (Å²) < 4.78 is 0. The van der Waals surface area contributed by atoms with Gasteiger partial charge >= 0.3 is 0 Å². The van der Waals surface area contributed by atoms with Crippen LogP contribution in [0.5, 0.6) is 0 Å². The molecule has 0 aliphatic carbocycles. The van der Waals surface area contributed by atoms with Crippen molar-refractivity contribution in [2.45, 2.75) is 19.8 Å². The lowest BCUT2D eigenvalue weighted by Crippen LogP contribution is -2.43. The molecule has 1 aliphatic heterocycles. The molecule has 2 heterocycles. The molecule has 2 amide bonds. The highest BCUT2D eigenvalue weighted by molar-refractivity contribution is 5.94. The summed E-state index contributed by atoms with van der Waals surface area (Å²) in [5.41, 5.74) is 0.110. The number of nitrogens with one attached hydrogen (secondary N) is 2. The van der Waals surface area contributed by atoms with Gasteiger partial charge in [-0.1, -0.05) is 0 Å². The Balaban J connectivity index is 1.95. The second-order valence-electron chi connectivity index (χ2n) is 4.90. The van der Waals surface area contributed by atoms with Crippen LogP contribution in [0.1, 0.15) is 30.1 Å². The molecule has 0 unspecified atom stereocenters. The topological polar surface area (TPSA) is 82.3 Å². The van der Waals surface area contributed by atoms with Gasteiger partial charge in [-0.05, 0) is 25.8 Å². The van der Waals surface area contributed by atoms with Crippen LogP contribution in [0.3, 0.4) is 0 Å². The molecule has 108 valence electrons. The molecule has 1 saturated heterocycles. The number of likely N-dealkylation sites (tertiary alicyclic amines) is 1. The van der Waals surface area contributed by atoms with E-state index in [2.05, 4.69) is 10.3 Å². The Morgan fingerprint density at radius 2 is 2.10 bits per heavy atom. The van der Waals surface area contributed by atoms with E-state index in [9.17, 15) is 14.4 Å². The summed E-state index contributed by atoms with van der Waals surface area (Å²) in [6.07, 6.45) is 2.80. The Kier molecular flexibility index (Phi) is 4.55. The molecule has 20 heavy (non-hydrogen) atoms. The highest BCUT2D eigenvalue weighted by Gasteiger charge is 2.27. The first-order valence-corrected chi connectivity index (χ1v) is 6.87. The molecule has 2 rings (SSSR count). The zero-order valence-electron chi connectivity index (χ0n) is 11.5. The van der Waals surface area contributed by atoms with Crippen LogP contribution in [-0.4, -0.2) is 41.3 Å². The first-order chi connectivity index (χ1) is 9.61. The molecule has 1 aromatic heterocycles. The second kappa shape index (κ2) is 6.36. The Morgan fingerprint density at radius 1 is 1.40 bits per heavy atom. The average Bonchev–Trinajstić information content (AvgIpc) is 2.47. The molecule has 6 nitrogen and oxygen atoms in total. The van der Waals surface area contributed by atoms with Crippen molar-refractivity contribution in [3.8, 4) is 0 Å². The van der Waals surface area contributed by atoms with E-state index < -0.39 is 0 Å². The molecule has 0 saturated carbocycles. The average molecular weight is 277 g/mol. The Bertz CT molecular complexity index is 545. The molecule has 2 N–H and O–H groups in total. The predicted molar refractivity (Wildman–Crippen MR) is 74.4 cm³/mol. The number of aromatic amines is 1. The molecule has 6 heteroatoms. The van der Waals surface area contributed by atoms with E-state index in [1.54, 1.807) is 11.0 Å². The van der Waals surface area contributed by atoms with Gasteiger partial charge < -0.3 is 15.2 Å². The van der Waals surface area contributed by atoms with Crippen molar-refractivity contribution in [1.29, 1.82) is 0 Å². The van der Waals surface area contributed by atoms with Gasteiger partial charge in [0.15, 0.2) is 0 Å². The molecule has 0 radical (unpaired) electrons. The van der Waals surface area contributed by atoms with E-state index in [1.165, 1.54) is 12.3 Å². The number of pyridine rings is 1. The van der Waals surface area contributed by atoms with Gasteiger partial charge in [0, 0.05) is 43.4 Å². The quantitative estimate of drug-likeness (QED) is 0.837. The third-order valence-corrected chi connectivity index (χ3v) is 3.53. The molecule has 1 fully saturated rings. The van der Waals surface area contributed by atoms with Crippen LogP contribution in [0.25, 0.3) is 0 Å². The lowest BCUT2D eigenvalue weighted by atomic mass is 9.95. The van der Waals surface area contributed by atoms with Gasteiger partial charge in [0.25, 0.3) is 5.91 Å². The fraction of sp³-hybridized carbons (Fsp3) is 0.500. The summed E-state index contributed by atoms with van der Waals surface area (Å²) in [6, 6.07) is 2.90. The molecule has 0 bridgehead atoms. The maximum absolute atomic E-state index is 12.2. The van der Waals surface area contributed by atoms with Crippen molar-refractivity contribution >= 4 is 11.8 Å². The Morgan fingerprint density at radius 3 is 2.70 bits per heavy atom. The fourth-order valence-corrected chi connectivity index (χ4v) is 2.42. The Labute approximate surface area is 117 Å². The Hall–Kier alpha value is -2.11. The lowest BCUT2D eigenvalue weighted by molar-refractivity contribution is -0.126. The number of carbonyl (C=O) groups is 2. The van der Waals surface area contributed by atoms with E-state index in [4.69, 9.17) is 0 Å². The van der Waals surface area contributed by atoms with Crippen LogP contribution in [0.4, 0.5) is 0 Å². The number of hydrogen-bond acceptors (Lipinski definition) is 3. The van der Waals surface area contributed by atoms with E-state index in [0.29, 0.717) is 38.0 Å². The number of carbonyl (C=O) groups excluding carboxylic acids is 2. The number of rotatable bonds is 3. The highest BCUT2D eigenvalue weighted by atomic mass is 16.2. The second-order valence-corrected chi connectivity index (χ2v) is 4.90. The SMILES string of the molecule is CCNC(=O)C1CCN(C(=O)c2cc[nH]c(=O)c2)CC1. The minimum Gasteiger partial charge on any atom is -0.356 e. The minimum atomic E-state index is -0.284. The van der Waals surface area contributed by atoms with E-state index >= 15 is 0 Å². The summed E-state index contributed by atoms with van der Waals surface area (Å²) in [5, 5.41) is 2.81. The fourth-order valence-electron chi connectivity index (χ4n) is 2.42. The van der Waals surface area contributed by atoms with Crippen LogP contribution in [-0.2, 0) is 4.79 Å². The molecular formula is C14H19N3O3. The third-order valence-electron chi connectivity index (χ3n) is 3.53. The summed E-state index contributed by atoms with van der Waals surface area (Å²) in [7, 11) is 0. The van der Waals surface area contributed by atoms with Gasteiger partial charge in [-0.15, -0.1) is 0 Å². The number of hydrogen-bond donors (Lipinski definition) is 2. The standard InChI is InChI=1S/C14H19N3O3/c1-2-15-13(19)10-4-7-17(8-5-10)14(20)11-3-6-16-12(18)9-11/h3,6,9-10H,2,4-5,7-8H2,1H3,(H,15,19)(H,16,18). The summed E-state index contributed by atoms with van der Waals surface area (Å²) in [6.45, 7) is 3.62. The zero-order valence-corrected chi connectivity index (χ0v) is 11.5. The zero-order chi connectivity index (χ0) is 14.5. The van der Waals surface area contributed by atoms with Crippen molar-refractivity contribution in [3.63, 3.8) is 0 Å². The first kappa shape index (κ1) is 14.3. The van der Waals surface area contributed by atoms with E-state index in [-0.39, 0.29) is 23.3 Å². The molecular weight excluding hydrogens is 258 g/mol. The third kappa shape index (κ3) is 3.26. The maximum atomic E-state index is 12.2. The number of amides is 2. The van der Waals surface area contributed by atoms with Crippen LogP contribution in [0.2, 0.25) is 0 Å². The van der Waals surface area contributed by atoms with Gasteiger partial charge in [-0.3, -0.25) is 14.4 Å². The number of piperidine rings is 1. The van der Waals surface area contributed by atoms with Crippen molar-refractivity contribution < 1.29 is 9.59 Å². The molecule has 0 atom stereocenters. The van der Waals surface area contributed by atoms with E-state index in [1.807, 2.05) is 6.92 Å². The van der Waals surface area contributed by atoms with Gasteiger partial charge in [-0.2, -0.15) is 0 Å². The highest BCUT2D eigenvalue weighted by Crippen LogP contribution is 2.18. The number of nitrogens with zero attached hydrogens (tertiary/aromatic N) is 1. The molecule has 0 spiro atoms. The van der Waals surface area contributed by atoms with Crippen molar-refractivity contribution in [2.24, 2.45) is 5.92 Å². The van der Waals surface area contributed by atoms with Crippen LogP contribution < -0.4 is 10.9 Å². The first-order valence-electron chi connectivity index (χ1n) is 6.87. The monoisotopic (exact) mass is 277 g/mol. The van der Waals surface area contributed by atoms with Gasteiger partial charge in [-0.25, -0.2) is 0 Å². The van der Waals surface area contributed by atoms with Crippen LogP contribution >= 0.6 is 0 Å². The molecule has 0 aromatic carbocycles. The smallest absolute Gasteiger partial charge is 0.254 e. The van der Waals surface area contributed by atoms with Gasteiger partial charge in [0.05, 0.1) is 0 Å². The summed E-state index contributed by atoms with van der Waals surface area (Å²) >= 11 is 0. The van der Waals surface area contributed by atoms with Crippen molar-refractivity contribution in [1.82, 2.24) is 15.2 Å².